The summed E-state index contributed by atoms with van der Waals surface area (Å²) in [6.45, 7) is 8.15. The van der Waals surface area contributed by atoms with Gasteiger partial charge in [-0.05, 0) is 27.7 Å². The highest BCUT2D eigenvalue weighted by Crippen LogP contribution is 2.09. The third kappa shape index (κ3) is 3.98. The molecule has 1 heterocycles. The van der Waals surface area contributed by atoms with Gasteiger partial charge in [0, 0.05) is 0 Å². The van der Waals surface area contributed by atoms with E-state index in [0.29, 0.717) is 12.4 Å². The number of ether oxygens (including phenoxy) is 2. The molecule has 0 saturated heterocycles. The number of rotatable bonds is 4. The van der Waals surface area contributed by atoms with Crippen LogP contribution in [0.1, 0.15) is 44.1 Å². The zero-order chi connectivity index (χ0) is 12.2. The summed E-state index contributed by atoms with van der Waals surface area (Å²) in [6, 6.07) is 0. The first-order chi connectivity index (χ1) is 7.42. The minimum absolute atomic E-state index is 0.0364. The van der Waals surface area contributed by atoms with Crippen molar-refractivity contribution in [3.05, 3.63) is 11.6 Å². The van der Waals surface area contributed by atoms with E-state index in [-0.39, 0.29) is 18.0 Å². The highest BCUT2D eigenvalue weighted by atomic mass is 16.5. The molecule has 0 aliphatic rings. The van der Waals surface area contributed by atoms with Crippen molar-refractivity contribution in [2.45, 2.75) is 39.9 Å². The summed E-state index contributed by atoms with van der Waals surface area (Å²) < 4.78 is 10.2. The number of H-pyrrole nitrogens is 1. The van der Waals surface area contributed by atoms with Crippen molar-refractivity contribution >= 4 is 5.97 Å². The molecule has 0 spiro atoms. The topological polar surface area (TPSA) is 77.1 Å². The Bertz CT molecular complexity index is 354. The quantitative estimate of drug-likeness (QED) is 0.784. The van der Waals surface area contributed by atoms with Crippen molar-refractivity contribution in [3.8, 4) is 0 Å². The van der Waals surface area contributed by atoms with Crippen molar-refractivity contribution in [1.29, 1.82) is 0 Å². The van der Waals surface area contributed by atoms with Crippen LogP contribution in [0, 0.1) is 0 Å². The van der Waals surface area contributed by atoms with Crippen LogP contribution < -0.4 is 0 Å². The molecule has 0 amide bonds. The summed E-state index contributed by atoms with van der Waals surface area (Å²) in [5, 5.41) is 6.38. The summed E-state index contributed by atoms with van der Waals surface area (Å²) in [6.07, 6.45) is 0. The van der Waals surface area contributed by atoms with Crippen LogP contribution in [0.2, 0.25) is 0 Å². The molecule has 0 aliphatic heterocycles. The predicted molar refractivity (Wildman–Crippen MR) is 56.9 cm³/mol. The van der Waals surface area contributed by atoms with Gasteiger partial charge in [0.25, 0.3) is 5.82 Å². The molecule has 0 fully saturated rings. The molecule has 0 unspecified atom stereocenters. The molecule has 0 saturated carbocycles. The van der Waals surface area contributed by atoms with Gasteiger partial charge in [-0.25, -0.2) is 9.78 Å². The molecule has 1 N–H and O–H groups in total. The molecule has 16 heavy (non-hydrogen) atoms. The summed E-state index contributed by atoms with van der Waals surface area (Å²) in [5.41, 5.74) is -0.253. The van der Waals surface area contributed by atoms with Gasteiger partial charge in [-0.1, -0.05) is 0 Å². The zero-order valence-corrected chi connectivity index (χ0v) is 10.0. The summed E-state index contributed by atoms with van der Waals surface area (Å²) >= 11 is 0. The van der Waals surface area contributed by atoms with Crippen LogP contribution in [-0.4, -0.2) is 33.4 Å². The normalized spacial score (nSPS) is 11.5. The van der Waals surface area contributed by atoms with Crippen LogP contribution in [0.15, 0.2) is 0 Å². The minimum atomic E-state index is -0.527. The third-order valence-corrected chi connectivity index (χ3v) is 1.63. The second kappa shape index (κ2) is 5.07. The number of nitrogens with one attached hydrogen (secondary N) is 1. The Labute approximate surface area is 94.4 Å². The number of hydrogen-bond acceptors (Lipinski definition) is 5. The van der Waals surface area contributed by atoms with E-state index in [4.69, 9.17) is 9.47 Å². The molecule has 0 aromatic carbocycles. The van der Waals surface area contributed by atoms with Gasteiger partial charge in [-0.2, -0.15) is 0 Å². The molecule has 0 radical (unpaired) electrons. The average Bonchev–Trinajstić information content (AvgIpc) is 2.62. The van der Waals surface area contributed by atoms with Crippen LogP contribution >= 0.6 is 0 Å². The van der Waals surface area contributed by atoms with Gasteiger partial charge in [0.1, 0.15) is 6.61 Å². The van der Waals surface area contributed by atoms with Gasteiger partial charge in [0.2, 0.25) is 0 Å². The molecule has 0 aliphatic carbocycles. The number of hydrogen-bond donors (Lipinski definition) is 1. The van der Waals surface area contributed by atoms with Crippen molar-refractivity contribution in [1.82, 2.24) is 15.2 Å². The van der Waals surface area contributed by atoms with Crippen molar-refractivity contribution in [3.63, 3.8) is 0 Å². The van der Waals surface area contributed by atoms with Crippen LogP contribution in [0.3, 0.4) is 0 Å². The molecule has 0 atom stereocenters. The smallest absolute Gasteiger partial charge is 0.378 e. The summed E-state index contributed by atoms with van der Waals surface area (Å²) in [5.74, 6) is 0.0214. The molecule has 6 nitrogen and oxygen atoms in total. The average molecular weight is 227 g/mol. The molecule has 0 bridgehead atoms. The van der Waals surface area contributed by atoms with E-state index in [1.165, 1.54) is 0 Å². The van der Waals surface area contributed by atoms with Crippen LogP contribution in [0.5, 0.6) is 0 Å². The van der Waals surface area contributed by atoms with Crippen LogP contribution in [-0.2, 0) is 16.1 Å². The predicted octanol–water partition coefficient (Wildman–Crippen LogP) is 1.30. The highest BCUT2D eigenvalue weighted by molar-refractivity contribution is 5.84. The van der Waals surface area contributed by atoms with Gasteiger partial charge in [-0.15, -0.1) is 5.10 Å². The maximum Gasteiger partial charge on any atom is 0.378 e. The third-order valence-electron chi connectivity index (χ3n) is 1.63. The lowest BCUT2D eigenvalue weighted by molar-refractivity contribution is -0.0180. The Morgan fingerprint density at radius 2 is 2.12 bits per heavy atom. The van der Waals surface area contributed by atoms with Gasteiger partial charge >= 0.3 is 5.97 Å². The molecule has 1 aromatic rings. The number of carbonyl (C=O) groups excluding carboxylic acids is 1. The maximum atomic E-state index is 11.3. The van der Waals surface area contributed by atoms with E-state index in [1.54, 1.807) is 6.92 Å². The molecule has 1 aromatic heterocycles. The number of aromatic nitrogens is 3. The van der Waals surface area contributed by atoms with E-state index < -0.39 is 5.97 Å². The van der Waals surface area contributed by atoms with Gasteiger partial charge in [0.15, 0.2) is 5.82 Å². The first-order valence-electron chi connectivity index (χ1n) is 5.14. The SMILES string of the molecule is CCOC(=O)c1n[nH]c(COC(C)(C)C)n1. The maximum absolute atomic E-state index is 11.3. The fourth-order valence-electron chi connectivity index (χ4n) is 0.932. The van der Waals surface area contributed by atoms with E-state index in [2.05, 4.69) is 15.2 Å². The van der Waals surface area contributed by atoms with Crippen LogP contribution in [0.4, 0.5) is 0 Å². The van der Waals surface area contributed by atoms with E-state index in [0.717, 1.165) is 0 Å². The number of aromatic amines is 1. The first-order valence-corrected chi connectivity index (χ1v) is 5.14. The monoisotopic (exact) mass is 227 g/mol. The Balaban J connectivity index is 2.55. The molecule has 6 heteroatoms. The lowest BCUT2D eigenvalue weighted by atomic mass is 10.2. The number of esters is 1. The molecular weight excluding hydrogens is 210 g/mol. The van der Waals surface area contributed by atoms with Gasteiger partial charge in [-0.3, -0.25) is 5.10 Å². The van der Waals surface area contributed by atoms with E-state index in [1.807, 2.05) is 20.8 Å². The number of carbonyl (C=O) groups is 1. The second-order valence-electron chi connectivity index (χ2n) is 4.23. The number of nitrogens with zero attached hydrogens (tertiary/aromatic N) is 2. The Kier molecular flexibility index (Phi) is 4.00. The highest BCUT2D eigenvalue weighted by Gasteiger charge is 2.15. The fourth-order valence-corrected chi connectivity index (χ4v) is 0.932. The largest absolute Gasteiger partial charge is 0.460 e. The summed E-state index contributed by atoms with van der Waals surface area (Å²) in [7, 11) is 0. The van der Waals surface area contributed by atoms with Gasteiger partial charge < -0.3 is 9.47 Å². The zero-order valence-electron chi connectivity index (χ0n) is 10.0. The molecule has 1 rings (SSSR count). The Morgan fingerprint density at radius 1 is 1.44 bits per heavy atom. The Morgan fingerprint density at radius 3 is 2.69 bits per heavy atom. The van der Waals surface area contributed by atoms with E-state index >= 15 is 0 Å². The van der Waals surface area contributed by atoms with Crippen molar-refractivity contribution in [2.24, 2.45) is 0 Å². The van der Waals surface area contributed by atoms with Gasteiger partial charge in [0.05, 0.1) is 12.2 Å². The minimum Gasteiger partial charge on any atom is -0.460 e. The van der Waals surface area contributed by atoms with Crippen molar-refractivity contribution in [2.75, 3.05) is 6.61 Å². The second-order valence-corrected chi connectivity index (χ2v) is 4.23. The van der Waals surface area contributed by atoms with E-state index in [9.17, 15) is 4.79 Å². The molecule has 90 valence electrons. The lowest BCUT2D eigenvalue weighted by Gasteiger charge is -2.18. The fraction of sp³-hybridized carbons (Fsp3) is 0.700. The first kappa shape index (κ1) is 12.6. The Hall–Kier alpha value is -1.43. The standard InChI is InChI=1S/C10H17N3O3/c1-5-15-9(14)8-11-7(12-13-8)6-16-10(2,3)4/h5-6H2,1-4H3,(H,11,12,13). The molecular formula is C10H17N3O3. The summed E-state index contributed by atoms with van der Waals surface area (Å²) in [4.78, 5) is 15.2. The van der Waals surface area contributed by atoms with Crippen molar-refractivity contribution < 1.29 is 14.3 Å². The van der Waals surface area contributed by atoms with Crippen LogP contribution in [0.25, 0.3) is 0 Å². The lowest BCUT2D eigenvalue weighted by Crippen LogP contribution is -2.19.